The van der Waals surface area contributed by atoms with Crippen molar-refractivity contribution in [2.24, 2.45) is 0 Å². The maximum absolute atomic E-state index is 4.70. The van der Waals surface area contributed by atoms with Gasteiger partial charge in [-0.1, -0.05) is 18.2 Å². The fourth-order valence-electron chi connectivity index (χ4n) is 3.91. The zero-order valence-electron chi connectivity index (χ0n) is 14.9. The average molecular weight is 362 g/mol. The van der Waals surface area contributed by atoms with Crippen LogP contribution in [0, 0.1) is 6.92 Å². The van der Waals surface area contributed by atoms with E-state index in [0.29, 0.717) is 0 Å². The highest BCUT2D eigenvalue weighted by atomic mass is 35.5. The van der Waals surface area contributed by atoms with Crippen LogP contribution in [0.15, 0.2) is 36.5 Å². The molecule has 0 amide bonds. The van der Waals surface area contributed by atoms with Gasteiger partial charge in [0.2, 0.25) is 0 Å². The van der Waals surface area contributed by atoms with Crippen molar-refractivity contribution in [1.29, 1.82) is 0 Å². The van der Waals surface area contributed by atoms with Crippen molar-refractivity contribution < 1.29 is 0 Å². The van der Waals surface area contributed by atoms with Gasteiger partial charge in [-0.25, -0.2) is 4.68 Å². The third-order valence-corrected chi connectivity index (χ3v) is 5.33. The van der Waals surface area contributed by atoms with Crippen molar-refractivity contribution in [2.45, 2.75) is 25.9 Å². The Balaban J connectivity index is 0.00000182. The summed E-state index contributed by atoms with van der Waals surface area (Å²) in [6.45, 7) is 10.2. The lowest BCUT2D eigenvalue weighted by Crippen LogP contribution is -2.49. The van der Waals surface area contributed by atoms with Gasteiger partial charge in [0.15, 0.2) is 0 Å². The second kappa shape index (κ2) is 8.32. The highest BCUT2D eigenvalue weighted by molar-refractivity contribution is 5.85. The molecule has 1 aromatic heterocycles. The molecular formula is C19H28ClN5. The first-order valence-electron chi connectivity index (χ1n) is 9.07. The standard InChI is InChI=1S/C19H27N5.ClH/c1-16-17(14-24(21-16)18-5-3-2-4-6-18)13-22-10-7-19(15-22)23-11-8-20-9-12-23;/h2-6,14,19-20H,7-13,15H2,1H3;1H. The molecule has 0 spiro atoms. The van der Waals surface area contributed by atoms with Gasteiger partial charge in [0.05, 0.1) is 11.4 Å². The van der Waals surface area contributed by atoms with Gasteiger partial charge in [-0.15, -0.1) is 12.4 Å². The molecule has 2 aliphatic rings. The number of likely N-dealkylation sites (tertiary alicyclic amines) is 1. The molecule has 4 rings (SSSR count). The lowest BCUT2D eigenvalue weighted by atomic mass is 10.2. The number of hydrogen-bond acceptors (Lipinski definition) is 4. The highest BCUT2D eigenvalue weighted by Gasteiger charge is 2.28. The van der Waals surface area contributed by atoms with E-state index in [0.717, 1.165) is 37.1 Å². The number of aryl methyl sites for hydroxylation is 1. The zero-order valence-corrected chi connectivity index (χ0v) is 15.7. The fraction of sp³-hybridized carbons (Fsp3) is 0.526. The predicted molar refractivity (Wildman–Crippen MR) is 104 cm³/mol. The number of rotatable bonds is 4. The van der Waals surface area contributed by atoms with Gasteiger partial charge < -0.3 is 5.32 Å². The summed E-state index contributed by atoms with van der Waals surface area (Å²) in [4.78, 5) is 5.25. The number of benzene rings is 1. The monoisotopic (exact) mass is 361 g/mol. The molecule has 136 valence electrons. The van der Waals surface area contributed by atoms with E-state index in [-0.39, 0.29) is 12.4 Å². The second-order valence-electron chi connectivity index (χ2n) is 6.98. The summed E-state index contributed by atoms with van der Waals surface area (Å²) in [5.41, 5.74) is 3.62. The second-order valence-corrected chi connectivity index (χ2v) is 6.98. The highest BCUT2D eigenvalue weighted by Crippen LogP contribution is 2.20. The van der Waals surface area contributed by atoms with Crippen LogP contribution >= 0.6 is 12.4 Å². The number of nitrogens with zero attached hydrogens (tertiary/aromatic N) is 4. The Morgan fingerprint density at radius 1 is 1.12 bits per heavy atom. The first-order valence-corrected chi connectivity index (χ1v) is 9.07. The number of para-hydroxylation sites is 1. The van der Waals surface area contributed by atoms with E-state index in [9.17, 15) is 0 Å². The summed E-state index contributed by atoms with van der Waals surface area (Å²) in [6.07, 6.45) is 3.49. The first-order chi connectivity index (χ1) is 11.8. The van der Waals surface area contributed by atoms with E-state index in [4.69, 9.17) is 5.10 Å². The van der Waals surface area contributed by atoms with Crippen LogP contribution in [0.25, 0.3) is 5.69 Å². The van der Waals surface area contributed by atoms with Crippen molar-refractivity contribution in [3.63, 3.8) is 0 Å². The minimum absolute atomic E-state index is 0. The van der Waals surface area contributed by atoms with Gasteiger partial charge in [-0.05, 0) is 25.5 Å². The Kier molecular flexibility index (Phi) is 6.12. The number of piperazine rings is 1. The van der Waals surface area contributed by atoms with E-state index in [1.54, 1.807) is 0 Å². The third-order valence-electron chi connectivity index (χ3n) is 5.33. The van der Waals surface area contributed by atoms with Crippen LogP contribution < -0.4 is 5.32 Å². The van der Waals surface area contributed by atoms with Crippen LogP contribution in [0.4, 0.5) is 0 Å². The molecule has 6 heteroatoms. The Labute approximate surface area is 156 Å². The molecule has 25 heavy (non-hydrogen) atoms. The van der Waals surface area contributed by atoms with Crippen LogP contribution in [0.5, 0.6) is 0 Å². The normalized spacial score (nSPS) is 22.0. The molecule has 0 radical (unpaired) electrons. The van der Waals surface area contributed by atoms with Crippen LogP contribution in [-0.4, -0.2) is 64.9 Å². The lowest BCUT2D eigenvalue weighted by Gasteiger charge is -2.32. The Bertz CT molecular complexity index is 666. The molecule has 5 nitrogen and oxygen atoms in total. The van der Waals surface area contributed by atoms with Gasteiger partial charge in [-0.2, -0.15) is 5.10 Å². The minimum Gasteiger partial charge on any atom is -0.314 e. The average Bonchev–Trinajstić information content (AvgIpc) is 3.24. The number of halogens is 1. The van der Waals surface area contributed by atoms with Gasteiger partial charge in [-0.3, -0.25) is 9.80 Å². The SMILES string of the molecule is Cc1nn(-c2ccccc2)cc1CN1CCC(N2CCNCC2)C1.Cl. The quantitative estimate of drug-likeness (QED) is 0.904. The van der Waals surface area contributed by atoms with E-state index < -0.39 is 0 Å². The molecule has 1 aromatic carbocycles. The molecular weight excluding hydrogens is 334 g/mol. The van der Waals surface area contributed by atoms with Crippen molar-refractivity contribution in [3.05, 3.63) is 47.8 Å². The number of nitrogens with one attached hydrogen (secondary N) is 1. The van der Waals surface area contributed by atoms with Gasteiger partial charge in [0.1, 0.15) is 0 Å². The lowest BCUT2D eigenvalue weighted by molar-refractivity contribution is 0.170. The van der Waals surface area contributed by atoms with Crippen LogP contribution in [-0.2, 0) is 6.54 Å². The number of aromatic nitrogens is 2. The van der Waals surface area contributed by atoms with E-state index in [1.807, 2.05) is 10.7 Å². The molecule has 1 unspecified atom stereocenters. The van der Waals surface area contributed by atoms with Crippen LogP contribution in [0.2, 0.25) is 0 Å². The molecule has 2 fully saturated rings. The number of hydrogen-bond donors (Lipinski definition) is 1. The molecule has 1 N–H and O–H groups in total. The molecule has 1 atom stereocenters. The van der Waals surface area contributed by atoms with Crippen molar-refractivity contribution >= 4 is 12.4 Å². The molecule has 2 saturated heterocycles. The summed E-state index contributed by atoms with van der Waals surface area (Å²) in [6, 6.07) is 11.1. The Hall–Kier alpha value is -1.40. The van der Waals surface area contributed by atoms with Gasteiger partial charge in [0, 0.05) is 63.6 Å². The zero-order chi connectivity index (χ0) is 16.4. The molecule has 0 saturated carbocycles. The van der Waals surface area contributed by atoms with E-state index in [1.165, 1.54) is 38.2 Å². The van der Waals surface area contributed by atoms with Crippen molar-refractivity contribution in [1.82, 2.24) is 24.9 Å². The van der Waals surface area contributed by atoms with Gasteiger partial charge >= 0.3 is 0 Å². The smallest absolute Gasteiger partial charge is 0.0645 e. The van der Waals surface area contributed by atoms with Crippen LogP contribution in [0.3, 0.4) is 0 Å². The van der Waals surface area contributed by atoms with Crippen molar-refractivity contribution in [2.75, 3.05) is 39.3 Å². The van der Waals surface area contributed by atoms with Gasteiger partial charge in [0.25, 0.3) is 0 Å². The Morgan fingerprint density at radius 2 is 1.88 bits per heavy atom. The van der Waals surface area contributed by atoms with E-state index >= 15 is 0 Å². The maximum atomic E-state index is 4.70. The summed E-state index contributed by atoms with van der Waals surface area (Å²) in [7, 11) is 0. The molecule has 0 aliphatic carbocycles. The largest absolute Gasteiger partial charge is 0.314 e. The summed E-state index contributed by atoms with van der Waals surface area (Å²) >= 11 is 0. The summed E-state index contributed by atoms with van der Waals surface area (Å²) in [5, 5.41) is 8.15. The Morgan fingerprint density at radius 3 is 2.64 bits per heavy atom. The van der Waals surface area contributed by atoms with Crippen LogP contribution in [0.1, 0.15) is 17.7 Å². The van der Waals surface area contributed by atoms with E-state index in [2.05, 4.69) is 52.5 Å². The first kappa shape index (κ1) is 18.4. The minimum atomic E-state index is 0. The molecule has 2 aromatic rings. The molecule has 0 bridgehead atoms. The molecule has 2 aliphatic heterocycles. The fourth-order valence-corrected chi connectivity index (χ4v) is 3.91. The summed E-state index contributed by atoms with van der Waals surface area (Å²) < 4.78 is 2.01. The molecule has 3 heterocycles. The topological polar surface area (TPSA) is 36.3 Å². The maximum Gasteiger partial charge on any atom is 0.0645 e. The van der Waals surface area contributed by atoms with Crippen molar-refractivity contribution in [3.8, 4) is 5.69 Å². The summed E-state index contributed by atoms with van der Waals surface area (Å²) in [5.74, 6) is 0. The third kappa shape index (κ3) is 4.23. The predicted octanol–water partition coefficient (Wildman–Crippen LogP) is 2.08.